The van der Waals surface area contributed by atoms with Gasteiger partial charge in [0.25, 0.3) is 0 Å². The van der Waals surface area contributed by atoms with Crippen LogP contribution < -0.4 is 0 Å². The van der Waals surface area contributed by atoms with Crippen molar-refractivity contribution in [1.82, 2.24) is 0 Å². The van der Waals surface area contributed by atoms with Crippen LogP contribution in [-0.4, -0.2) is 11.1 Å². The Morgan fingerprint density at radius 2 is 1.71 bits per heavy atom. The Hall–Kier alpha value is -2.13. The number of benzene rings is 2. The summed E-state index contributed by atoms with van der Waals surface area (Å²) in [6.07, 6.45) is 2.41. The molecule has 0 aliphatic heterocycles. The Bertz CT molecular complexity index is 645. The Balaban J connectivity index is 2.15. The summed E-state index contributed by atoms with van der Waals surface area (Å²) in [5, 5.41) is 9.63. The van der Waals surface area contributed by atoms with Gasteiger partial charge in [-0.15, -0.1) is 0 Å². The van der Waals surface area contributed by atoms with E-state index in [1.165, 1.54) is 18.2 Å². The number of aliphatic carboxylic acids is 1. The number of hydrogen-bond donors (Lipinski definition) is 1. The maximum Gasteiger partial charge on any atom is 0.328 e. The third-order valence-corrected chi connectivity index (χ3v) is 3.36. The van der Waals surface area contributed by atoms with Crippen molar-refractivity contribution >= 4 is 23.1 Å². The molecule has 0 radical (unpaired) electrons. The third-order valence-electron chi connectivity index (χ3n) is 3.11. The highest BCUT2D eigenvalue weighted by Gasteiger charge is 2.06. The largest absolute Gasteiger partial charge is 0.478 e. The van der Waals surface area contributed by atoms with Gasteiger partial charge in [-0.2, -0.15) is 0 Å². The van der Waals surface area contributed by atoms with Crippen molar-refractivity contribution in [2.45, 2.75) is 12.8 Å². The summed E-state index contributed by atoms with van der Waals surface area (Å²) in [5.74, 6) is -1.35. The number of allylic oxidation sites excluding steroid dienone is 1. The first-order valence-corrected chi connectivity index (χ1v) is 6.86. The van der Waals surface area contributed by atoms with E-state index in [4.69, 9.17) is 16.7 Å². The molecule has 0 bridgehead atoms. The van der Waals surface area contributed by atoms with E-state index in [0.717, 1.165) is 5.56 Å². The molecule has 2 aromatic carbocycles. The molecule has 108 valence electrons. The first-order valence-electron chi connectivity index (χ1n) is 6.48. The lowest BCUT2D eigenvalue weighted by atomic mass is 9.98. The zero-order valence-corrected chi connectivity index (χ0v) is 12.0. The van der Waals surface area contributed by atoms with Gasteiger partial charge in [-0.1, -0.05) is 35.9 Å². The highest BCUT2D eigenvalue weighted by molar-refractivity contribution is 6.30. The van der Waals surface area contributed by atoms with E-state index < -0.39 is 5.97 Å². The van der Waals surface area contributed by atoms with Gasteiger partial charge in [0.15, 0.2) is 0 Å². The first-order chi connectivity index (χ1) is 10.0. The van der Waals surface area contributed by atoms with Crippen LogP contribution in [0, 0.1) is 5.82 Å². The van der Waals surface area contributed by atoms with Crippen molar-refractivity contribution in [2.75, 3.05) is 0 Å². The molecule has 0 atom stereocenters. The van der Waals surface area contributed by atoms with Gasteiger partial charge in [-0.25, -0.2) is 9.18 Å². The Labute approximate surface area is 127 Å². The molecular formula is C17H14ClFO2. The smallest absolute Gasteiger partial charge is 0.328 e. The second-order valence-electron chi connectivity index (χ2n) is 4.64. The van der Waals surface area contributed by atoms with Crippen molar-refractivity contribution in [3.63, 3.8) is 0 Å². The van der Waals surface area contributed by atoms with E-state index in [1.807, 2.05) is 12.1 Å². The van der Waals surface area contributed by atoms with Gasteiger partial charge in [0.1, 0.15) is 5.82 Å². The fourth-order valence-corrected chi connectivity index (χ4v) is 2.17. The number of carbonyl (C=O) groups is 1. The van der Waals surface area contributed by atoms with Crippen LogP contribution in [0.2, 0.25) is 5.02 Å². The molecule has 0 heterocycles. The van der Waals surface area contributed by atoms with Crippen LogP contribution in [0.4, 0.5) is 4.39 Å². The van der Waals surface area contributed by atoms with Crippen LogP contribution in [0.3, 0.4) is 0 Å². The average Bonchev–Trinajstić information content (AvgIpc) is 2.46. The molecule has 1 N–H and O–H groups in total. The van der Waals surface area contributed by atoms with Gasteiger partial charge in [0.05, 0.1) is 0 Å². The summed E-state index contributed by atoms with van der Waals surface area (Å²) >= 11 is 5.83. The summed E-state index contributed by atoms with van der Waals surface area (Å²) in [6.45, 7) is 0. The standard InChI is InChI=1S/C17H14ClFO2/c18-15-7-2-12(3-8-15)1-4-14(11-17(20)21)13-5-9-16(19)10-6-13/h2-3,5-11H,1,4H2,(H,20,21)/b14-11-. The fourth-order valence-electron chi connectivity index (χ4n) is 2.04. The minimum absolute atomic E-state index is 0.342. The molecule has 0 spiro atoms. The monoisotopic (exact) mass is 304 g/mol. The van der Waals surface area contributed by atoms with Gasteiger partial charge in [0.2, 0.25) is 0 Å². The van der Waals surface area contributed by atoms with E-state index in [9.17, 15) is 9.18 Å². The zero-order valence-electron chi connectivity index (χ0n) is 11.2. The van der Waals surface area contributed by atoms with Crippen LogP contribution in [0.5, 0.6) is 0 Å². The lowest BCUT2D eigenvalue weighted by Gasteiger charge is -2.08. The van der Waals surface area contributed by atoms with Gasteiger partial charge in [-0.05, 0) is 53.8 Å². The van der Waals surface area contributed by atoms with Crippen LogP contribution in [-0.2, 0) is 11.2 Å². The van der Waals surface area contributed by atoms with E-state index >= 15 is 0 Å². The van der Waals surface area contributed by atoms with E-state index in [-0.39, 0.29) is 5.82 Å². The van der Waals surface area contributed by atoms with Crippen molar-refractivity contribution in [3.8, 4) is 0 Å². The molecule has 0 aliphatic carbocycles. The van der Waals surface area contributed by atoms with Gasteiger partial charge >= 0.3 is 5.97 Å². The Kier molecular flexibility index (Phi) is 5.12. The van der Waals surface area contributed by atoms with E-state index in [1.54, 1.807) is 24.3 Å². The normalized spacial score (nSPS) is 11.4. The van der Waals surface area contributed by atoms with Gasteiger partial charge in [-0.3, -0.25) is 0 Å². The molecule has 2 nitrogen and oxygen atoms in total. The van der Waals surface area contributed by atoms with E-state index in [2.05, 4.69) is 0 Å². The maximum absolute atomic E-state index is 13.0. The van der Waals surface area contributed by atoms with Crippen LogP contribution in [0.1, 0.15) is 17.5 Å². The summed E-state index contributed by atoms with van der Waals surface area (Å²) < 4.78 is 13.0. The maximum atomic E-state index is 13.0. The summed E-state index contributed by atoms with van der Waals surface area (Å²) in [4.78, 5) is 10.9. The molecule has 2 aromatic rings. The second-order valence-corrected chi connectivity index (χ2v) is 5.08. The van der Waals surface area contributed by atoms with Crippen molar-refractivity contribution in [2.24, 2.45) is 0 Å². The summed E-state index contributed by atoms with van der Waals surface area (Å²) in [7, 11) is 0. The lowest BCUT2D eigenvalue weighted by Crippen LogP contribution is -1.95. The first kappa shape index (κ1) is 15.3. The third kappa shape index (κ3) is 4.72. The predicted molar refractivity (Wildman–Crippen MR) is 81.8 cm³/mol. The molecule has 0 fully saturated rings. The van der Waals surface area contributed by atoms with Gasteiger partial charge < -0.3 is 5.11 Å². The van der Waals surface area contributed by atoms with E-state index in [0.29, 0.717) is 29.0 Å². The van der Waals surface area contributed by atoms with Crippen LogP contribution in [0.15, 0.2) is 54.6 Å². The SMILES string of the molecule is O=C(O)/C=C(/CCc1ccc(Cl)cc1)c1ccc(F)cc1. The second kappa shape index (κ2) is 7.04. The molecule has 2 rings (SSSR count). The predicted octanol–water partition coefficient (Wildman–Crippen LogP) is 4.58. The highest BCUT2D eigenvalue weighted by atomic mass is 35.5. The van der Waals surface area contributed by atoms with Gasteiger partial charge in [0, 0.05) is 11.1 Å². The quantitative estimate of drug-likeness (QED) is 0.821. The van der Waals surface area contributed by atoms with Crippen LogP contribution in [0.25, 0.3) is 5.57 Å². The molecule has 21 heavy (non-hydrogen) atoms. The molecular weight excluding hydrogens is 291 g/mol. The molecule has 0 saturated carbocycles. The highest BCUT2D eigenvalue weighted by Crippen LogP contribution is 2.21. The topological polar surface area (TPSA) is 37.3 Å². The molecule has 0 aromatic heterocycles. The Morgan fingerprint density at radius 3 is 2.29 bits per heavy atom. The molecule has 0 aliphatic rings. The zero-order chi connectivity index (χ0) is 15.2. The number of halogens is 2. The number of rotatable bonds is 5. The minimum atomic E-state index is -1.01. The summed E-state index contributed by atoms with van der Waals surface area (Å²) in [5.41, 5.74) is 2.45. The van der Waals surface area contributed by atoms with Crippen molar-refractivity contribution < 1.29 is 14.3 Å². The number of aryl methyl sites for hydroxylation is 1. The molecule has 4 heteroatoms. The average molecular weight is 305 g/mol. The lowest BCUT2D eigenvalue weighted by molar-refractivity contribution is -0.131. The minimum Gasteiger partial charge on any atom is -0.478 e. The molecule has 0 amide bonds. The molecule has 0 saturated heterocycles. The Morgan fingerprint density at radius 1 is 1.10 bits per heavy atom. The fraction of sp³-hybridized carbons (Fsp3) is 0.118. The van der Waals surface area contributed by atoms with Crippen molar-refractivity contribution in [3.05, 3.63) is 76.6 Å². The van der Waals surface area contributed by atoms with Crippen molar-refractivity contribution in [1.29, 1.82) is 0 Å². The number of carboxylic acids is 1. The number of carboxylic acid groups (broad SMARTS) is 1. The summed E-state index contributed by atoms with van der Waals surface area (Å²) in [6, 6.07) is 13.3. The number of hydrogen-bond acceptors (Lipinski definition) is 1. The van der Waals surface area contributed by atoms with Crippen LogP contribution >= 0.6 is 11.6 Å². The molecule has 0 unspecified atom stereocenters.